The Morgan fingerprint density at radius 3 is 1.39 bits per heavy atom. The number of aromatic nitrogens is 2. The van der Waals surface area contributed by atoms with E-state index in [2.05, 4.69) is 69.4 Å². The Morgan fingerprint density at radius 1 is 0.391 bits per heavy atom. The first-order valence-corrected chi connectivity index (χ1v) is 15.2. The van der Waals surface area contributed by atoms with Crippen molar-refractivity contribution in [2.75, 3.05) is 9.80 Å². The molecule has 0 spiro atoms. The van der Waals surface area contributed by atoms with Gasteiger partial charge in [-0.05, 0) is 72.3 Å². The van der Waals surface area contributed by atoms with Crippen LogP contribution in [0.1, 0.15) is 0 Å². The summed E-state index contributed by atoms with van der Waals surface area (Å²) in [6.45, 7) is 0. The molecule has 218 valence electrons. The maximum Gasteiger partial charge on any atom is 0.162 e. The first-order chi connectivity index (χ1) is 22.8. The fourth-order valence-electron chi connectivity index (χ4n) is 6.29. The van der Waals surface area contributed by atoms with Crippen molar-refractivity contribution in [3.63, 3.8) is 0 Å². The highest BCUT2D eigenvalue weighted by Crippen LogP contribution is 2.58. The summed E-state index contributed by atoms with van der Waals surface area (Å²) >= 11 is 0. The molecule has 7 aromatic rings. The van der Waals surface area contributed by atoms with Gasteiger partial charge in [-0.1, -0.05) is 78.9 Å². The number of pyridine rings is 2. The monoisotopic (exact) mass is 594 g/mol. The Hall–Kier alpha value is -6.40. The molecule has 0 unspecified atom stereocenters. The van der Waals surface area contributed by atoms with Gasteiger partial charge in [-0.15, -0.1) is 0 Å². The molecule has 0 aliphatic carbocycles. The third kappa shape index (κ3) is 4.19. The van der Waals surface area contributed by atoms with Crippen LogP contribution in [-0.2, 0) is 0 Å². The number of hydrogen-bond acceptors (Lipinski definition) is 6. The summed E-state index contributed by atoms with van der Waals surface area (Å²) in [6.07, 6.45) is 3.71. The average molecular weight is 595 g/mol. The maximum atomic E-state index is 6.43. The largest absolute Gasteiger partial charge is 0.453 e. The standard InChI is InChI=1S/C40H26N4O2/c1-5-16-35-31(12-1)43(32-13-2-6-17-36(32)45-35)39-29(27-20-22-28(23-21-27)30-11-9-10-25-41-30)24-26-42-40(39)44-33-14-3-7-18-37(33)46-38-19-8-4-15-34(38)44/h1-26H. The van der Waals surface area contributed by atoms with Crippen LogP contribution in [-0.4, -0.2) is 9.97 Å². The zero-order chi connectivity index (χ0) is 30.5. The van der Waals surface area contributed by atoms with E-state index in [4.69, 9.17) is 14.5 Å². The van der Waals surface area contributed by atoms with E-state index in [1.54, 1.807) is 0 Å². The Labute approximate surface area is 266 Å². The summed E-state index contributed by atoms with van der Waals surface area (Å²) in [7, 11) is 0. The number of para-hydroxylation sites is 8. The molecule has 0 radical (unpaired) electrons. The van der Waals surface area contributed by atoms with Crippen LogP contribution in [0.3, 0.4) is 0 Å². The lowest BCUT2D eigenvalue weighted by Gasteiger charge is -2.38. The molecule has 0 bridgehead atoms. The Bertz CT molecular complexity index is 2140. The highest BCUT2D eigenvalue weighted by atomic mass is 16.5. The van der Waals surface area contributed by atoms with Gasteiger partial charge in [0.1, 0.15) is 0 Å². The predicted octanol–water partition coefficient (Wildman–Crippen LogP) is 11.0. The number of anilines is 6. The predicted molar refractivity (Wildman–Crippen MR) is 182 cm³/mol. The van der Waals surface area contributed by atoms with Gasteiger partial charge in [-0.3, -0.25) is 14.8 Å². The molecule has 4 heterocycles. The van der Waals surface area contributed by atoms with E-state index in [1.807, 2.05) is 103 Å². The van der Waals surface area contributed by atoms with Crippen molar-refractivity contribution in [3.05, 3.63) is 158 Å². The highest BCUT2D eigenvalue weighted by molar-refractivity contribution is 6.01. The quantitative estimate of drug-likeness (QED) is 0.202. The van der Waals surface area contributed by atoms with Gasteiger partial charge in [-0.2, -0.15) is 0 Å². The normalized spacial score (nSPS) is 12.6. The van der Waals surface area contributed by atoms with Gasteiger partial charge in [-0.25, -0.2) is 4.98 Å². The molecule has 2 aliphatic rings. The number of nitrogens with zero attached hydrogens (tertiary/aromatic N) is 4. The van der Waals surface area contributed by atoms with Crippen LogP contribution in [0.15, 0.2) is 158 Å². The number of fused-ring (bicyclic) bond motifs is 4. The number of hydrogen-bond donors (Lipinski definition) is 0. The zero-order valence-electron chi connectivity index (χ0n) is 24.6. The van der Waals surface area contributed by atoms with Gasteiger partial charge in [0.05, 0.1) is 34.1 Å². The fourth-order valence-corrected chi connectivity index (χ4v) is 6.29. The molecule has 5 aromatic carbocycles. The van der Waals surface area contributed by atoms with Crippen molar-refractivity contribution in [1.29, 1.82) is 0 Å². The molecule has 0 saturated carbocycles. The third-order valence-electron chi connectivity index (χ3n) is 8.36. The topological polar surface area (TPSA) is 50.7 Å². The lowest BCUT2D eigenvalue weighted by Crippen LogP contribution is -2.23. The minimum atomic E-state index is 0.765. The van der Waals surface area contributed by atoms with E-state index < -0.39 is 0 Å². The van der Waals surface area contributed by atoms with Crippen LogP contribution < -0.4 is 19.3 Å². The van der Waals surface area contributed by atoms with E-state index in [9.17, 15) is 0 Å². The summed E-state index contributed by atoms with van der Waals surface area (Å²) < 4.78 is 12.8. The second-order valence-corrected chi connectivity index (χ2v) is 11.1. The Morgan fingerprint density at radius 2 is 0.870 bits per heavy atom. The van der Waals surface area contributed by atoms with E-state index in [0.29, 0.717) is 0 Å². The summed E-state index contributed by atoms with van der Waals surface area (Å²) in [5.41, 5.74) is 8.65. The van der Waals surface area contributed by atoms with Gasteiger partial charge < -0.3 is 9.47 Å². The van der Waals surface area contributed by atoms with E-state index in [0.717, 1.165) is 79.6 Å². The summed E-state index contributed by atoms with van der Waals surface area (Å²) in [5, 5.41) is 0. The molecule has 0 saturated heterocycles. The van der Waals surface area contributed by atoms with Gasteiger partial charge in [0, 0.05) is 23.5 Å². The van der Waals surface area contributed by atoms with E-state index in [-0.39, 0.29) is 0 Å². The molecule has 6 heteroatoms. The first kappa shape index (κ1) is 26.0. The Balaban J connectivity index is 1.34. The van der Waals surface area contributed by atoms with Crippen LogP contribution in [0.2, 0.25) is 0 Å². The van der Waals surface area contributed by atoms with Gasteiger partial charge in [0.2, 0.25) is 0 Å². The Kier molecular flexibility index (Phi) is 6.03. The molecule has 6 nitrogen and oxygen atoms in total. The number of benzene rings is 5. The van der Waals surface area contributed by atoms with Gasteiger partial charge >= 0.3 is 0 Å². The van der Waals surface area contributed by atoms with Gasteiger partial charge in [0.15, 0.2) is 28.8 Å². The molecule has 46 heavy (non-hydrogen) atoms. The molecular weight excluding hydrogens is 568 g/mol. The summed E-state index contributed by atoms with van der Waals surface area (Å²) in [4.78, 5) is 14.2. The van der Waals surface area contributed by atoms with Gasteiger partial charge in [0.25, 0.3) is 0 Å². The molecule has 2 aliphatic heterocycles. The molecule has 2 aromatic heterocycles. The lowest BCUT2D eigenvalue weighted by atomic mass is 9.99. The molecule has 0 fully saturated rings. The van der Waals surface area contributed by atoms with Crippen LogP contribution in [0.5, 0.6) is 23.0 Å². The zero-order valence-corrected chi connectivity index (χ0v) is 24.6. The van der Waals surface area contributed by atoms with Crippen molar-refractivity contribution in [3.8, 4) is 45.4 Å². The fraction of sp³-hybridized carbons (Fsp3) is 0. The molecule has 0 atom stereocenters. The minimum Gasteiger partial charge on any atom is -0.453 e. The molecule has 0 amide bonds. The van der Waals surface area contributed by atoms with Crippen molar-refractivity contribution in [2.45, 2.75) is 0 Å². The molecule has 9 rings (SSSR count). The highest BCUT2D eigenvalue weighted by Gasteiger charge is 2.34. The van der Waals surface area contributed by atoms with Crippen molar-refractivity contribution < 1.29 is 9.47 Å². The average Bonchev–Trinajstić information content (AvgIpc) is 3.13. The lowest BCUT2D eigenvalue weighted by molar-refractivity contribution is 0.475. The van der Waals surface area contributed by atoms with Crippen molar-refractivity contribution >= 4 is 34.3 Å². The van der Waals surface area contributed by atoms with Crippen molar-refractivity contribution in [1.82, 2.24) is 9.97 Å². The smallest absolute Gasteiger partial charge is 0.162 e. The van der Waals surface area contributed by atoms with Crippen molar-refractivity contribution in [2.24, 2.45) is 0 Å². The molecular formula is C40H26N4O2. The minimum absolute atomic E-state index is 0.765. The second-order valence-electron chi connectivity index (χ2n) is 11.1. The van der Waals surface area contributed by atoms with Crippen LogP contribution in [0.4, 0.5) is 34.3 Å². The summed E-state index contributed by atoms with van der Waals surface area (Å²) in [6, 6.07) is 49.1. The molecule has 0 N–H and O–H groups in total. The van der Waals surface area contributed by atoms with E-state index in [1.165, 1.54) is 0 Å². The number of rotatable bonds is 4. The number of ether oxygens (including phenoxy) is 2. The maximum absolute atomic E-state index is 6.43. The van der Waals surface area contributed by atoms with Crippen LogP contribution in [0.25, 0.3) is 22.4 Å². The SMILES string of the molecule is c1ccc(-c2ccc(-c3ccnc(N4c5ccccc5Oc5ccccc54)c3N3c4ccccc4Oc4ccccc43)cc2)nc1. The van der Waals surface area contributed by atoms with Crippen LogP contribution in [0, 0.1) is 0 Å². The third-order valence-corrected chi connectivity index (χ3v) is 8.36. The van der Waals surface area contributed by atoms with E-state index >= 15 is 0 Å². The second kappa shape index (κ2) is 10.6. The first-order valence-electron chi connectivity index (χ1n) is 15.2. The van der Waals surface area contributed by atoms with Crippen LogP contribution >= 0.6 is 0 Å². The summed E-state index contributed by atoms with van der Waals surface area (Å²) in [5.74, 6) is 3.84.